The van der Waals surface area contributed by atoms with Gasteiger partial charge in [-0.2, -0.15) is 0 Å². The molecule has 1 aliphatic rings. The number of ether oxygens (including phenoxy) is 1. The molecule has 3 nitrogen and oxygen atoms in total. The molecule has 0 unspecified atom stereocenters. The van der Waals surface area contributed by atoms with Crippen molar-refractivity contribution in [2.45, 2.75) is 43.4 Å². The fourth-order valence-electron chi connectivity index (χ4n) is 3.90. The standard InChI is InChI=1S/C25H23Cl2NO2S/c1-2-4-18-12-19-13-21(23(26)24(27)22(19)25(18)29)30-14-16-5-3-6-17(11-16)15-31-20-7-9-28-10-8-20/h3,5-11,13,18H,2,4,12,14-15H2,1H3/t18-/m0/s1. The summed E-state index contributed by atoms with van der Waals surface area (Å²) in [6.45, 7) is 2.47. The van der Waals surface area contributed by atoms with Crippen molar-refractivity contribution in [1.82, 2.24) is 4.98 Å². The molecule has 6 heteroatoms. The number of fused-ring (bicyclic) bond motifs is 1. The molecule has 160 valence electrons. The third-order valence-corrected chi connectivity index (χ3v) is 7.35. The number of rotatable bonds is 8. The summed E-state index contributed by atoms with van der Waals surface area (Å²) in [4.78, 5) is 17.9. The maximum absolute atomic E-state index is 12.7. The van der Waals surface area contributed by atoms with E-state index in [1.54, 1.807) is 24.2 Å². The van der Waals surface area contributed by atoms with Crippen molar-refractivity contribution in [3.8, 4) is 5.75 Å². The molecule has 1 atom stereocenters. The number of Topliss-reactive ketones (excluding diaryl/α,β-unsaturated/α-hetero) is 1. The summed E-state index contributed by atoms with van der Waals surface area (Å²) >= 11 is 14.7. The lowest BCUT2D eigenvalue weighted by Gasteiger charge is -2.13. The number of hydrogen-bond acceptors (Lipinski definition) is 4. The van der Waals surface area contributed by atoms with Gasteiger partial charge >= 0.3 is 0 Å². The minimum absolute atomic E-state index is 0.00149. The van der Waals surface area contributed by atoms with Crippen LogP contribution in [0.5, 0.6) is 5.75 Å². The fourth-order valence-corrected chi connectivity index (χ4v) is 5.24. The van der Waals surface area contributed by atoms with E-state index in [1.807, 2.05) is 30.3 Å². The Morgan fingerprint density at radius 2 is 1.87 bits per heavy atom. The topological polar surface area (TPSA) is 39.2 Å². The number of aromatic nitrogens is 1. The first kappa shape index (κ1) is 22.2. The zero-order chi connectivity index (χ0) is 21.8. The van der Waals surface area contributed by atoms with Gasteiger partial charge in [-0.3, -0.25) is 9.78 Å². The van der Waals surface area contributed by atoms with Crippen LogP contribution in [0.25, 0.3) is 0 Å². The summed E-state index contributed by atoms with van der Waals surface area (Å²) in [5, 5.41) is 0.635. The van der Waals surface area contributed by atoms with E-state index in [0.29, 0.717) is 34.4 Å². The van der Waals surface area contributed by atoms with Crippen LogP contribution in [0.4, 0.5) is 0 Å². The minimum atomic E-state index is -0.00149. The van der Waals surface area contributed by atoms with Crippen LogP contribution < -0.4 is 4.74 Å². The lowest BCUT2D eigenvalue weighted by Crippen LogP contribution is -2.08. The molecule has 0 amide bonds. The Balaban J connectivity index is 1.45. The van der Waals surface area contributed by atoms with Gasteiger partial charge in [0, 0.05) is 34.5 Å². The van der Waals surface area contributed by atoms with E-state index in [2.05, 4.69) is 24.0 Å². The minimum Gasteiger partial charge on any atom is -0.487 e. The monoisotopic (exact) mass is 471 g/mol. The third-order valence-electron chi connectivity index (χ3n) is 5.42. The van der Waals surface area contributed by atoms with Gasteiger partial charge < -0.3 is 4.74 Å². The summed E-state index contributed by atoms with van der Waals surface area (Å²) < 4.78 is 6.03. The Morgan fingerprint density at radius 3 is 2.65 bits per heavy atom. The van der Waals surface area contributed by atoms with Crippen LogP contribution in [0.1, 0.15) is 46.8 Å². The fraction of sp³-hybridized carbons (Fsp3) is 0.280. The van der Waals surface area contributed by atoms with E-state index < -0.39 is 0 Å². The van der Waals surface area contributed by atoms with Gasteiger partial charge in [0.05, 0.1) is 5.02 Å². The molecule has 0 fully saturated rings. The Bertz CT molecular complexity index is 1090. The van der Waals surface area contributed by atoms with Crippen molar-refractivity contribution < 1.29 is 9.53 Å². The molecular weight excluding hydrogens is 449 g/mol. The molecule has 1 heterocycles. The van der Waals surface area contributed by atoms with E-state index in [-0.39, 0.29) is 11.7 Å². The number of ketones is 1. The van der Waals surface area contributed by atoms with Crippen LogP contribution in [0, 0.1) is 5.92 Å². The molecule has 31 heavy (non-hydrogen) atoms. The largest absolute Gasteiger partial charge is 0.487 e. The van der Waals surface area contributed by atoms with Crippen LogP contribution in [-0.4, -0.2) is 10.8 Å². The average Bonchev–Trinajstić information content (AvgIpc) is 3.10. The molecule has 0 spiro atoms. The Labute approximate surface area is 197 Å². The summed E-state index contributed by atoms with van der Waals surface area (Å²) in [5.74, 6) is 1.50. The first-order valence-corrected chi connectivity index (χ1v) is 12.1. The van der Waals surface area contributed by atoms with Crippen molar-refractivity contribution in [2.24, 2.45) is 5.92 Å². The predicted molar refractivity (Wildman–Crippen MR) is 127 cm³/mol. The van der Waals surface area contributed by atoms with Gasteiger partial charge in [-0.1, -0.05) is 60.8 Å². The van der Waals surface area contributed by atoms with Crippen molar-refractivity contribution in [3.63, 3.8) is 0 Å². The van der Waals surface area contributed by atoms with Gasteiger partial charge in [0.15, 0.2) is 5.78 Å². The molecular formula is C25H23Cl2NO2S. The highest BCUT2D eigenvalue weighted by atomic mass is 35.5. The predicted octanol–water partition coefficient (Wildman–Crippen LogP) is 7.41. The zero-order valence-electron chi connectivity index (χ0n) is 17.2. The second-order valence-electron chi connectivity index (χ2n) is 7.67. The van der Waals surface area contributed by atoms with E-state index in [0.717, 1.165) is 29.7 Å². The van der Waals surface area contributed by atoms with Crippen molar-refractivity contribution >= 4 is 40.7 Å². The van der Waals surface area contributed by atoms with Gasteiger partial charge in [-0.25, -0.2) is 0 Å². The van der Waals surface area contributed by atoms with Crippen molar-refractivity contribution in [1.29, 1.82) is 0 Å². The molecule has 0 N–H and O–H groups in total. The maximum Gasteiger partial charge on any atom is 0.168 e. The number of thioether (sulfide) groups is 1. The van der Waals surface area contributed by atoms with Gasteiger partial charge in [0.2, 0.25) is 0 Å². The van der Waals surface area contributed by atoms with Crippen LogP contribution >= 0.6 is 35.0 Å². The number of halogens is 2. The summed E-state index contributed by atoms with van der Waals surface area (Å²) in [7, 11) is 0. The number of hydrogen-bond donors (Lipinski definition) is 0. The van der Waals surface area contributed by atoms with Crippen molar-refractivity contribution in [2.75, 3.05) is 0 Å². The molecule has 3 aromatic rings. The summed E-state index contributed by atoms with van der Waals surface area (Å²) in [6, 6.07) is 14.2. The van der Waals surface area contributed by atoms with Gasteiger partial charge in [-0.05, 0) is 47.7 Å². The number of nitrogens with zero attached hydrogens (tertiary/aromatic N) is 1. The lowest BCUT2D eigenvalue weighted by atomic mass is 10.00. The number of carbonyl (C=O) groups excluding carboxylic acids is 1. The Kier molecular flexibility index (Phi) is 7.21. The molecule has 0 aliphatic heterocycles. The van der Waals surface area contributed by atoms with E-state index in [4.69, 9.17) is 27.9 Å². The van der Waals surface area contributed by atoms with Crippen LogP contribution in [0.3, 0.4) is 0 Å². The lowest BCUT2D eigenvalue weighted by molar-refractivity contribution is 0.0930. The quantitative estimate of drug-likeness (QED) is 0.320. The molecule has 4 rings (SSSR count). The average molecular weight is 472 g/mol. The number of pyridine rings is 1. The smallest absolute Gasteiger partial charge is 0.168 e. The Hall–Kier alpha value is -2.01. The molecule has 0 radical (unpaired) electrons. The molecule has 0 saturated carbocycles. The SMILES string of the molecule is CCC[C@H]1Cc2cc(OCc3cccc(CSc4ccncc4)c3)c(Cl)c(Cl)c2C1=O. The number of benzene rings is 2. The maximum atomic E-state index is 12.7. The van der Waals surface area contributed by atoms with Gasteiger partial charge in [0.25, 0.3) is 0 Å². The first-order valence-electron chi connectivity index (χ1n) is 10.3. The normalized spacial score (nSPS) is 15.2. The second-order valence-corrected chi connectivity index (χ2v) is 9.48. The zero-order valence-corrected chi connectivity index (χ0v) is 19.6. The van der Waals surface area contributed by atoms with E-state index >= 15 is 0 Å². The third kappa shape index (κ3) is 5.08. The van der Waals surface area contributed by atoms with Crippen molar-refractivity contribution in [3.05, 3.63) is 87.2 Å². The van der Waals surface area contributed by atoms with E-state index in [9.17, 15) is 4.79 Å². The molecule has 1 aliphatic carbocycles. The second kappa shape index (κ2) is 10.1. The molecule has 2 aromatic carbocycles. The van der Waals surface area contributed by atoms with Crippen LogP contribution in [0.15, 0.2) is 59.8 Å². The van der Waals surface area contributed by atoms with Crippen LogP contribution in [0.2, 0.25) is 10.0 Å². The number of carbonyl (C=O) groups is 1. The molecule has 1 aromatic heterocycles. The van der Waals surface area contributed by atoms with Crippen LogP contribution in [-0.2, 0) is 18.8 Å². The summed E-state index contributed by atoms with van der Waals surface area (Å²) in [6.07, 6.45) is 6.14. The molecule has 0 bridgehead atoms. The van der Waals surface area contributed by atoms with E-state index in [1.165, 1.54) is 10.5 Å². The first-order chi connectivity index (χ1) is 15.1. The Morgan fingerprint density at radius 1 is 1.10 bits per heavy atom. The highest BCUT2D eigenvalue weighted by Gasteiger charge is 2.34. The van der Waals surface area contributed by atoms with Gasteiger partial charge in [-0.15, -0.1) is 11.8 Å². The van der Waals surface area contributed by atoms with Gasteiger partial charge in [0.1, 0.15) is 17.4 Å². The highest BCUT2D eigenvalue weighted by molar-refractivity contribution is 7.98. The molecule has 0 saturated heterocycles. The highest BCUT2D eigenvalue weighted by Crippen LogP contribution is 2.43. The summed E-state index contributed by atoms with van der Waals surface area (Å²) in [5.41, 5.74) is 3.79.